The topological polar surface area (TPSA) is 85.1 Å². The van der Waals surface area contributed by atoms with E-state index in [1.807, 2.05) is 0 Å². The highest BCUT2D eigenvalue weighted by Gasteiger charge is 2.17. The van der Waals surface area contributed by atoms with Gasteiger partial charge < -0.3 is 5.73 Å². The van der Waals surface area contributed by atoms with Crippen molar-refractivity contribution in [2.45, 2.75) is 11.4 Å². The van der Waals surface area contributed by atoms with Gasteiger partial charge in [0, 0.05) is 22.6 Å². The Labute approximate surface area is 114 Å². The van der Waals surface area contributed by atoms with Crippen molar-refractivity contribution in [1.29, 1.82) is 0 Å². The molecule has 0 saturated carbocycles. The lowest BCUT2D eigenvalue weighted by atomic mass is 10.3. The van der Waals surface area contributed by atoms with Gasteiger partial charge in [0.25, 0.3) is 0 Å². The molecule has 1 aromatic carbocycles. The minimum absolute atomic E-state index is 0.0245. The number of hydrogen-bond donors (Lipinski definition) is 2. The first-order valence-corrected chi connectivity index (χ1v) is 7.65. The molecule has 0 unspecified atom stereocenters. The zero-order valence-electron chi connectivity index (χ0n) is 9.13. The van der Waals surface area contributed by atoms with Gasteiger partial charge in [-0.2, -0.15) is 0 Å². The number of thiazole rings is 1. The zero-order chi connectivity index (χ0) is 13.2. The van der Waals surface area contributed by atoms with E-state index in [1.165, 1.54) is 29.5 Å². The third kappa shape index (κ3) is 2.99. The molecular formula is C10H10ClN3O2S2. The third-order valence-electron chi connectivity index (χ3n) is 2.18. The Morgan fingerprint density at radius 3 is 2.83 bits per heavy atom. The number of anilines is 1. The largest absolute Gasteiger partial charge is 0.398 e. The number of rotatable bonds is 4. The van der Waals surface area contributed by atoms with Crippen molar-refractivity contribution < 1.29 is 8.42 Å². The first kappa shape index (κ1) is 13.3. The summed E-state index contributed by atoms with van der Waals surface area (Å²) >= 11 is 7.10. The monoisotopic (exact) mass is 303 g/mol. The minimum Gasteiger partial charge on any atom is -0.398 e. The molecule has 0 radical (unpaired) electrons. The van der Waals surface area contributed by atoms with E-state index in [4.69, 9.17) is 17.3 Å². The highest BCUT2D eigenvalue weighted by molar-refractivity contribution is 7.89. The third-order valence-corrected chi connectivity index (χ3v) is 4.67. The summed E-state index contributed by atoms with van der Waals surface area (Å²) in [7, 11) is -3.64. The lowest BCUT2D eigenvalue weighted by Gasteiger charge is -2.08. The van der Waals surface area contributed by atoms with Crippen molar-refractivity contribution in [3.05, 3.63) is 39.8 Å². The van der Waals surface area contributed by atoms with E-state index >= 15 is 0 Å². The maximum absolute atomic E-state index is 12.0. The van der Waals surface area contributed by atoms with Crippen LogP contribution in [-0.2, 0) is 16.6 Å². The van der Waals surface area contributed by atoms with E-state index in [9.17, 15) is 8.42 Å². The van der Waals surface area contributed by atoms with Gasteiger partial charge in [-0.1, -0.05) is 11.6 Å². The van der Waals surface area contributed by atoms with Gasteiger partial charge >= 0.3 is 0 Å². The van der Waals surface area contributed by atoms with Crippen LogP contribution in [0.3, 0.4) is 0 Å². The van der Waals surface area contributed by atoms with Gasteiger partial charge in [0.1, 0.15) is 4.90 Å². The van der Waals surface area contributed by atoms with Crippen molar-refractivity contribution in [1.82, 2.24) is 9.71 Å². The molecule has 0 aliphatic carbocycles. The molecule has 0 spiro atoms. The van der Waals surface area contributed by atoms with Crippen molar-refractivity contribution in [2.24, 2.45) is 0 Å². The molecule has 96 valence electrons. The Balaban J connectivity index is 2.20. The van der Waals surface area contributed by atoms with Crippen LogP contribution in [0.15, 0.2) is 34.8 Å². The van der Waals surface area contributed by atoms with Crippen molar-refractivity contribution in [3.63, 3.8) is 0 Å². The van der Waals surface area contributed by atoms with Crippen molar-refractivity contribution >= 4 is 38.6 Å². The molecule has 1 heterocycles. The van der Waals surface area contributed by atoms with Gasteiger partial charge in [-0.05, 0) is 18.2 Å². The van der Waals surface area contributed by atoms with Crippen LogP contribution in [0.1, 0.15) is 4.88 Å². The van der Waals surface area contributed by atoms with Crippen LogP contribution in [0, 0.1) is 0 Å². The quantitative estimate of drug-likeness (QED) is 0.844. The fraction of sp³-hybridized carbons (Fsp3) is 0.100. The summed E-state index contributed by atoms with van der Waals surface area (Å²) in [6, 6.07) is 4.27. The summed E-state index contributed by atoms with van der Waals surface area (Å²) in [6.45, 7) is 0.190. The summed E-state index contributed by atoms with van der Waals surface area (Å²) in [5.41, 5.74) is 7.41. The number of halogens is 1. The zero-order valence-corrected chi connectivity index (χ0v) is 11.5. The number of nitrogens with zero attached hydrogens (tertiary/aromatic N) is 1. The van der Waals surface area contributed by atoms with Gasteiger partial charge in [-0.25, -0.2) is 13.1 Å². The molecule has 0 amide bonds. The summed E-state index contributed by atoms with van der Waals surface area (Å²) in [4.78, 5) is 4.72. The smallest absolute Gasteiger partial charge is 0.242 e. The van der Waals surface area contributed by atoms with E-state index in [-0.39, 0.29) is 17.1 Å². The summed E-state index contributed by atoms with van der Waals surface area (Å²) in [6.07, 6.45) is 1.61. The number of benzene rings is 1. The fourth-order valence-corrected chi connectivity index (χ4v) is 3.26. The molecule has 0 aliphatic rings. The van der Waals surface area contributed by atoms with E-state index in [2.05, 4.69) is 9.71 Å². The van der Waals surface area contributed by atoms with Crippen LogP contribution >= 0.6 is 22.9 Å². The second-order valence-electron chi connectivity index (χ2n) is 3.47. The molecule has 3 N–H and O–H groups in total. The molecule has 5 nitrogen and oxygen atoms in total. The number of aromatic nitrogens is 1. The molecule has 0 bridgehead atoms. The normalized spacial score (nSPS) is 11.6. The van der Waals surface area contributed by atoms with Gasteiger partial charge in [0.15, 0.2) is 0 Å². The molecule has 0 atom stereocenters. The van der Waals surface area contributed by atoms with Gasteiger partial charge in [-0.15, -0.1) is 11.3 Å². The number of nitrogens with one attached hydrogen (secondary N) is 1. The average Bonchev–Trinajstić information content (AvgIpc) is 2.78. The van der Waals surface area contributed by atoms with Gasteiger partial charge in [0.05, 0.1) is 11.2 Å². The number of hydrogen-bond acceptors (Lipinski definition) is 5. The average molecular weight is 304 g/mol. The minimum atomic E-state index is -3.64. The molecule has 0 saturated heterocycles. The highest BCUT2D eigenvalue weighted by atomic mass is 35.5. The maximum atomic E-state index is 12.0. The molecule has 2 aromatic rings. The molecule has 0 fully saturated rings. The predicted molar refractivity (Wildman–Crippen MR) is 72.0 cm³/mol. The Morgan fingerprint density at radius 1 is 1.44 bits per heavy atom. The van der Waals surface area contributed by atoms with E-state index < -0.39 is 10.0 Å². The standard InChI is InChI=1S/C10H10ClN3O2S2/c11-7-1-2-10(9(12)3-7)18(15,16)14-5-8-4-13-6-17-8/h1-4,6,14H,5,12H2. The SMILES string of the molecule is Nc1cc(Cl)ccc1S(=O)(=O)NCc1cncs1. The van der Waals surface area contributed by atoms with E-state index in [1.54, 1.807) is 11.7 Å². The van der Waals surface area contributed by atoms with Gasteiger partial charge in [-0.3, -0.25) is 4.98 Å². The summed E-state index contributed by atoms with van der Waals surface area (Å²) in [5.74, 6) is 0. The van der Waals surface area contributed by atoms with Crippen molar-refractivity contribution in [3.8, 4) is 0 Å². The molecule has 8 heteroatoms. The van der Waals surface area contributed by atoms with Crippen LogP contribution in [-0.4, -0.2) is 13.4 Å². The number of sulfonamides is 1. The Bertz CT molecular complexity index is 641. The van der Waals surface area contributed by atoms with Crippen LogP contribution in [0.25, 0.3) is 0 Å². The number of nitrogens with two attached hydrogens (primary N) is 1. The molecule has 2 rings (SSSR count). The molecule has 1 aromatic heterocycles. The fourth-order valence-electron chi connectivity index (χ4n) is 1.34. The van der Waals surface area contributed by atoms with Crippen LogP contribution in [0.5, 0.6) is 0 Å². The maximum Gasteiger partial charge on any atom is 0.242 e. The van der Waals surface area contributed by atoms with Crippen LogP contribution in [0.4, 0.5) is 5.69 Å². The highest BCUT2D eigenvalue weighted by Crippen LogP contribution is 2.22. The molecule has 0 aliphatic heterocycles. The van der Waals surface area contributed by atoms with Crippen molar-refractivity contribution in [2.75, 3.05) is 5.73 Å². The second-order valence-corrected chi connectivity index (χ2v) is 6.62. The lowest BCUT2D eigenvalue weighted by Crippen LogP contribution is -2.23. The summed E-state index contributed by atoms with van der Waals surface area (Å²) in [5, 5.41) is 0.397. The van der Waals surface area contributed by atoms with E-state index in [0.717, 1.165) is 4.88 Å². The Hall–Kier alpha value is -1.15. The lowest BCUT2D eigenvalue weighted by molar-refractivity contribution is 0.582. The summed E-state index contributed by atoms with van der Waals surface area (Å²) < 4.78 is 26.5. The van der Waals surface area contributed by atoms with Gasteiger partial charge in [0.2, 0.25) is 10.0 Å². The first-order valence-electron chi connectivity index (χ1n) is 4.91. The molecule has 18 heavy (non-hydrogen) atoms. The van der Waals surface area contributed by atoms with Crippen LogP contribution in [0.2, 0.25) is 5.02 Å². The Morgan fingerprint density at radius 2 is 2.22 bits per heavy atom. The molecular weight excluding hydrogens is 294 g/mol. The second kappa shape index (κ2) is 5.23. The number of nitrogen functional groups attached to an aromatic ring is 1. The predicted octanol–water partition coefficient (Wildman–Crippen LogP) is 1.86. The van der Waals surface area contributed by atoms with Crippen LogP contribution < -0.4 is 10.5 Å². The Kier molecular flexibility index (Phi) is 3.86. The van der Waals surface area contributed by atoms with E-state index in [0.29, 0.717) is 5.02 Å². The first-order chi connectivity index (χ1) is 8.49.